The Morgan fingerprint density at radius 3 is 2.41 bits per heavy atom. The van der Waals surface area contributed by atoms with Crippen molar-refractivity contribution < 1.29 is 18.3 Å². The molecule has 0 aliphatic rings. The molecular formula is C20H16F2N2O3. The average molecular weight is 370 g/mol. The third-order valence-corrected chi connectivity index (χ3v) is 4.22. The van der Waals surface area contributed by atoms with Crippen molar-refractivity contribution in [1.29, 1.82) is 0 Å². The van der Waals surface area contributed by atoms with Gasteiger partial charge in [-0.05, 0) is 45.0 Å². The van der Waals surface area contributed by atoms with Gasteiger partial charge in [0.2, 0.25) is 0 Å². The molecule has 0 aliphatic carbocycles. The minimum atomic E-state index is -1.14. The van der Waals surface area contributed by atoms with E-state index in [1.807, 2.05) is 0 Å². The van der Waals surface area contributed by atoms with Crippen LogP contribution in [0.3, 0.4) is 0 Å². The van der Waals surface area contributed by atoms with Crippen molar-refractivity contribution in [3.05, 3.63) is 64.5 Å². The van der Waals surface area contributed by atoms with E-state index < -0.39 is 28.9 Å². The van der Waals surface area contributed by atoms with Crippen molar-refractivity contribution in [2.75, 3.05) is 0 Å². The predicted octanol–water partition coefficient (Wildman–Crippen LogP) is 4.47. The number of hydrogen-bond donors (Lipinski definition) is 0. The molecule has 0 radical (unpaired) electrons. The highest BCUT2D eigenvalue weighted by atomic mass is 19.2. The summed E-state index contributed by atoms with van der Waals surface area (Å²) in [4.78, 5) is 25.7. The fourth-order valence-electron chi connectivity index (χ4n) is 3.19. The molecule has 2 aromatic heterocycles. The van der Waals surface area contributed by atoms with Gasteiger partial charge in [0.25, 0.3) is 5.56 Å². The third kappa shape index (κ3) is 2.58. The van der Waals surface area contributed by atoms with E-state index in [-0.39, 0.29) is 16.6 Å². The Morgan fingerprint density at radius 1 is 1.00 bits per heavy atom. The average Bonchev–Trinajstić information content (AvgIpc) is 2.96. The molecule has 5 nitrogen and oxygen atoms in total. The van der Waals surface area contributed by atoms with Crippen molar-refractivity contribution in [3.8, 4) is 0 Å². The Morgan fingerprint density at radius 2 is 1.70 bits per heavy atom. The summed E-state index contributed by atoms with van der Waals surface area (Å²) in [6.07, 6.45) is -0.948. The smallest absolute Gasteiger partial charge is 0.422 e. The maximum atomic E-state index is 14.8. The maximum absolute atomic E-state index is 14.8. The number of rotatable bonds is 0. The van der Waals surface area contributed by atoms with Crippen LogP contribution in [-0.4, -0.2) is 20.7 Å². The first-order valence-electron chi connectivity index (χ1n) is 8.35. The van der Waals surface area contributed by atoms with Crippen molar-refractivity contribution in [2.24, 2.45) is 0 Å². The first-order valence-corrected chi connectivity index (χ1v) is 8.35. The summed E-state index contributed by atoms with van der Waals surface area (Å²) in [5.41, 5.74) is -1.20. The lowest BCUT2D eigenvalue weighted by atomic mass is 10.2. The van der Waals surface area contributed by atoms with E-state index in [2.05, 4.69) is 0 Å². The molecular weight excluding hydrogens is 354 g/mol. The summed E-state index contributed by atoms with van der Waals surface area (Å²) in [6.45, 7) is 4.97. The summed E-state index contributed by atoms with van der Waals surface area (Å²) in [5, 5.41) is 0.668. The number of hydrogen-bond acceptors (Lipinski definition) is 3. The Kier molecular flexibility index (Phi) is 3.59. The molecule has 2 aromatic carbocycles. The Labute approximate surface area is 152 Å². The molecule has 4 aromatic rings. The largest absolute Gasteiger partial charge is 0.443 e. The second-order valence-electron chi connectivity index (χ2n) is 7.27. The van der Waals surface area contributed by atoms with Crippen LogP contribution in [0.25, 0.3) is 27.5 Å². The monoisotopic (exact) mass is 370 g/mol. The highest BCUT2D eigenvalue weighted by Gasteiger charge is 2.25. The predicted molar refractivity (Wildman–Crippen MR) is 98.2 cm³/mol. The molecule has 138 valence electrons. The highest BCUT2D eigenvalue weighted by Crippen LogP contribution is 2.27. The molecule has 0 spiro atoms. The highest BCUT2D eigenvalue weighted by molar-refractivity contribution is 5.96. The SMILES string of the molecule is CC(C)(C)OC(=O)n1c(=O)c2cc3ccccc3n2c2c(F)c(F)ccc21. The van der Waals surface area contributed by atoms with Crippen LogP contribution in [0, 0.1) is 11.6 Å². The zero-order valence-electron chi connectivity index (χ0n) is 14.9. The van der Waals surface area contributed by atoms with E-state index in [0.717, 1.165) is 10.6 Å². The molecule has 0 saturated heterocycles. The van der Waals surface area contributed by atoms with Crippen molar-refractivity contribution in [3.63, 3.8) is 0 Å². The van der Waals surface area contributed by atoms with Crippen LogP contribution in [-0.2, 0) is 4.74 Å². The van der Waals surface area contributed by atoms with Gasteiger partial charge in [-0.25, -0.2) is 18.1 Å². The molecule has 0 unspecified atom stereocenters. The standard InChI is InChI=1S/C20H16F2N2O3/c1-20(2,3)27-19(26)24-14-9-8-12(21)16(22)17(14)23-13-7-5-4-6-11(13)10-15(23)18(24)25/h4-10H,1-3H3. The number of ether oxygens (including phenoxy) is 1. The molecule has 2 heterocycles. The quantitative estimate of drug-likeness (QED) is 0.459. The van der Waals surface area contributed by atoms with Crippen LogP contribution in [0.5, 0.6) is 0 Å². The summed E-state index contributed by atoms with van der Waals surface area (Å²) in [7, 11) is 0. The lowest BCUT2D eigenvalue weighted by Gasteiger charge is -2.21. The van der Waals surface area contributed by atoms with Gasteiger partial charge in [-0.1, -0.05) is 18.2 Å². The minimum Gasteiger partial charge on any atom is -0.443 e. The first-order chi connectivity index (χ1) is 12.7. The molecule has 0 atom stereocenters. The summed E-state index contributed by atoms with van der Waals surface area (Å²) in [5.74, 6) is -2.22. The van der Waals surface area contributed by atoms with Gasteiger partial charge in [0.05, 0.1) is 11.0 Å². The summed E-state index contributed by atoms with van der Waals surface area (Å²) < 4.78 is 36.2. The topological polar surface area (TPSA) is 52.7 Å². The van der Waals surface area contributed by atoms with Crippen molar-refractivity contribution in [2.45, 2.75) is 26.4 Å². The number of aromatic nitrogens is 2. The molecule has 0 fully saturated rings. The first kappa shape index (κ1) is 17.2. The number of para-hydroxylation sites is 1. The molecule has 4 rings (SSSR count). The molecule has 7 heteroatoms. The lowest BCUT2D eigenvalue weighted by molar-refractivity contribution is 0.0539. The fraction of sp³-hybridized carbons (Fsp3) is 0.200. The number of carbonyl (C=O) groups excluding carboxylic acids is 1. The van der Waals surface area contributed by atoms with Crippen LogP contribution in [0.4, 0.5) is 13.6 Å². The Balaban J connectivity index is 2.24. The van der Waals surface area contributed by atoms with Crippen LogP contribution in [0.1, 0.15) is 20.8 Å². The van der Waals surface area contributed by atoms with Crippen LogP contribution in [0.15, 0.2) is 47.3 Å². The molecule has 0 N–H and O–H groups in total. The second-order valence-corrected chi connectivity index (χ2v) is 7.27. The zero-order valence-corrected chi connectivity index (χ0v) is 14.9. The Hall–Kier alpha value is -3.22. The molecule has 0 saturated carbocycles. The van der Waals surface area contributed by atoms with Gasteiger partial charge in [-0.3, -0.25) is 4.79 Å². The fourth-order valence-corrected chi connectivity index (χ4v) is 3.19. The molecule has 0 aliphatic heterocycles. The van der Waals surface area contributed by atoms with E-state index in [0.29, 0.717) is 10.9 Å². The molecule has 27 heavy (non-hydrogen) atoms. The van der Waals surface area contributed by atoms with Crippen molar-refractivity contribution in [1.82, 2.24) is 8.97 Å². The van der Waals surface area contributed by atoms with Crippen LogP contribution >= 0.6 is 0 Å². The van der Waals surface area contributed by atoms with E-state index in [1.54, 1.807) is 51.1 Å². The van der Waals surface area contributed by atoms with Gasteiger partial charge < -0.3 is 9.14 Å². The van der Waals surface area contributed by atoms with E-state index in [1.165, 1.54) is 10.5 Å². The zero-order chi connectivity index (χ0) is 19.5. The van der Waals surface area contributed by atoms with Gasteiger partial charge in [-0.15, -0.1) is 0 Å². The van der Waals surface area contributed by atoms with Crippen LogP contribution in [0.2, 0.25) is 0 Å². The van der Waals surface area contributed by atoms with Gasteiger partial charge in [0.1, 0.15) is 16.6 Å². The third-order valence-electron chi connectivity index (χ3n) is 4.22. The number of fused-ring (bicyclic) bond motifs is 5. The van der Waals surface area contributed by atoms with Gasteiger partial charge in [-0.2, -0.15) is 0 Å². The maximum Gasteiger partial charge on any atom is 0.422 e. The number of nitrogens with zero attached hydrogens (tertiary/aromatic N) is 2. The van der Waals surface area contributed by atoms with Crippen molar-refractivity contribution >= 4 is 33.5 Å². The van der Waals surface area contributed by atoms with Gasteiger partial charge >= 0.3 is 6.09 Å². The van der Waals surface area contributed by atoms with E-state index >= 15 is 0 Å². The normalized spacial score (nSPS) is 12.2. The van der Waals surface area contributed by atoms with E-state index in [9.17, 15) is 18.4 Å². The lowest BCUT2D eigenvalue weighted by Crippen LogP contribution is -2.34. The second kappa shape index (κ2) is 5.64. The summed E-state index contributed by atoms with van der Waals surface area (Å²) >= 11 is 0. The molecule has 0 bridgehead atoms. The van der Waals surface area contributed by atoms with Gasteiger partial charge in [0, 0.05) is 5.39 Å². The molecule has 0 amide bonds. The van der Waals surface area contributed by atoms with E-state index in [4.69, 9.17) is 4.74 Å². The minimum absolute atomic E-state index is 0.0547. The number of benzene rings is 2. The number of halogens is 2. The Bertz CT molecular complexity index is 1300. The summed E-state index contributed by atoms with van der Waals surface area (Å²) in [6, 6.07) is 10.6. The van der Waals surface area contributed by atoms with Crippen LogP contribution < -0.4 is 5.56 Å². The van der Waals surface area contributed by atoms with Gasteiger partial charge in [0.15, 0.2) is 11.6 Å². The number of carbonyl (C=O) groups is 1.